The lowest BCUT2D eigenvalue weighted by Gasteiger charge is -2.20. The molecule has 1 aliphatic heterocycles. The van der Waals surface area contributed by atoms with E-state index in [1.165, 1.54) is 4.90 Å². The Morgan fingerprint density at radius 1 is 0.964 bits per heavy atom. The van der Waals surface area contributed by atoms with Crippen molar-refractivity contribution in [1.82, 2.24) is 9.80 Å². The molecule has 5 nitrogen and oxygen atoms in total. The molecule has 0 saturated heterocycles. The maximum atomic E-state index is 13.2. The number of carbonyl (C=O) groups is 2. The van der Waals surface area contributed by atoms with Crippen molar-refractivity contribution in [3.63, 3.8) is 0 Å². The van der Waals surface area contributed by atoms with Gasteiger partial charge in [-0.25, -0.2) is 0 Å². The molecule has 2 aromatic rings. The average Bonchev–Trinajstić information content (AvgIpc) is 2.93. The lowest BCUT2D eigenvalue weighted by molar-refractivity contribution is -0.137. The van der Waals surface area contributed by atoms with E-state index in [1.807, 2.05) is 62.4 Å². The van der Waals surface area contributed by atoms with Gasteiger partial charge in [-0.3, -0.25) is 14.5 Å². The number of aliphatic hydroxyl groups is 1. The van der Waals surface area contributed by atoms with Crippen LogP contribution in [-0.2, 0) is 16.0 Å². The third-order valence-corrected chi connectivity index (χ3v) is 5.22. The maximum absolute atomic E-state index is 13.2. The normalized spacial score (nSPS) is 14.2. The fourth-order valence-electron chi connectivity index (χ4n) is 3.42. The molecule has 0 aromatic heterocycles. The highest BCUT2D eigenvalue weighted by molar-refractivity contribution is 6.35. The number of hydrogen-bond donors (Lipinski definition) is 1. The second-order valence-electron chi connectivity index (χ2n) is 7.17. The first-order valence-corrected chi connectivity index (χ1v) is 9.48. The molecular formula is C23H26N2O3. The van der Waals surface area contributed by atoms with E-state index in [-0.39, 0.29) is 25.0 Å². The highest BCUT2D eigenvalue weighted by Gasteiger charge is 2.40. The van der Waals surface area contributed by atoms with Crippen molar-refractivity contribution >= 4 is 17.4 Å². The maximum Gasteiger partial charge on any atom is 0.277 e. The van der Waals surface area contributed by atoms with Gasteiger partial charge in [0.1, 0.15) is 5.70 Å². The SMILES string of the molecule is Cc1ccc(C2=C(N(C)CCO)C(=O)N(CCc3ccccc3)C2=O)cc1C. The summed E-state index contributed by atoms with van der Waals surface area (Å²) in [5, 5.41) is 9.33. The monoisotopic (exact) mass is 378 g/mol. The highest BCUT2D eigenvalue weighted by Crippen LogP contribution is 2.32. The fourth-order valence-corrected chi connectivity index (χ4v) is 3.42. The smallest absolute Gasteiger partial charge is 0.277 e. The van der Waals surface area contributed by atoms with Gasteiger partial charge in [0, 0.05) is 20.1 Å². The second kappa shape index (κ2) is 8.40. The van der Waals surface area contributed by atoms with Gasteiger partial charge >= 0.3 is 0 Å². The summed E-state index contributed by atoms with van der Waals surface area (Å²) in [5.74, 6) is -0.575. The highest BCUT2D eigenvalue weighted by atomic mass is 16.3. The van der Waals surface area contributed by atoms with Crippen molar-refractivity contribution in [2.24, 2.45) is 0 Å². The van der Waals surface area contributed by atoms with Crippen molar-refractivity contribution in [2.75, 3.05) is 26.7 Å². The number of benzene rings is 2. The number of aryl methyl sites for hydroxylation is 2. The number of amides is 2. The molecule has 1 aliphatic rings. The van der Waals surface area contributed by atoms with Gasteiger partial charge in [-0.15, -0.1) is 0 Å². The van der Waals surface area contributed by atoms with Crippen LogP contribution in [0.1, 0.15) is 22.3 Å². The molecule has 1 N–H and O–H groups in total. The summed E-state index contributed by atoms with van der Waals surface area (Å²) in [6.07, 6.45) is 0.607. The Kier molecular flexibility index (Phi) is 5.95. The molecule has 1 heterocycles. The predicted octanol–water partition coefficient (Wildman–Crippen LogP) is 2.55. The van der Waals surface area contributed by atoms with Gasteiger partial charge in [-0.2, -0.15) is 0 Å². The second-order valence-corrected chi connectivity index (χ2v) is 7.17. The molecule has 28 heavy (non-hydrogen) atoms. The quantitative estimate of drug-likeness (QED) is 0.753. The third kappa shape index (κ3) is 3.85. The van der Waals surface area contributed by atoms with Crippen molar-refractivity contribution in [1.29, 1.82) is 0 Å². The molecule has 0 saturated carbocycles. The van der Waals surface area contributed by atoms with Crippen LogP contribution in [-0.4, -0.2) is 53.5 Å². The van der Waals surface area contributed by atoms with E-state index in [9.17, 15) is 14.7 Å². The molecule has 5 heteroatoms. The number of hydrogen-bond acceptors (Lipinski definition) is 4. The van der Waals surface area contributed by atoms with Gasteiger partial charge in [0.25, 0.3) is 11.8 Å². The van der Waals surface area contributed by atoms with Crippen molar-refractivity contribution in [3.8, 4) is 0 Å². The Labute approximate surface area is 165 Å². The number of likely N-dealkylation sites (N-methyl/N-ethyl adjacent to an activating group) is 1. The van der Waals surface area contributed by atoms with Crippen molar-refractivity contribution in [2.45, 2.75) is 20.3 Å². The molecule has 0 aliphatic carbocycles. The minimum absolute atomic E-state index is 0.0916. The summed E-state index contributed by atoms with van der Waals surface area (Å²) >= 11 is 0. The van der Waals surface area contributed by atoms with Gasteiger partial charge in [0.2, 0.25) is 0 Å². The Morgan fingerprint density at radius 2 is 1.68 bits per heavy atom. The minimum atomic E-state index is -0.301. The first-order chi connectivity index (χ1) is 13.4. The van der Waals surface area contributed by atoms with Crippen molar-refractivity contribution < 1.29 is 14.7 Å². The fraction of sp³-hybridized carbons (Fsp3) is 0.304. The molecule has 0 fully saturated rings. The van der Waals surface area contributed by atoms with E-state index in [0.29, 0.717) is 24.2 Å². The van der Waals surface area contributed by atoms with Crippen LogP contribution in [0, 0.1) is 13.8 Å². The number of rotatable bonds is 7. The van der Waals surface area contributed by atoms with Gasteiger partial charge in [-0.05, 0) is 42.5 Å². The van der Waals surface area contributed by atoms with Crippen LogP contribution < -0.4 is 0 Å². The molecule has 2 amide bonds. The molecular weight excluding hydrogens is 352 g/mol. The van der Waals surface area contributed by atoms with Crippen LogP contribution in [0.15, 0.2) is 54.2 Å². The Hall–Kier alpha value is -2.92. The van der Waals surface area contributed by atoms with Gasteiger partial charge in [0.05, 0.1) is 12.2 Å². The third-order valence-electron chi connectivity index (χ3n) is 5.22. The standard InChI is InChI=1S/C23H26N2O3/c1-16-9-10-19(15-17(16)2)20-21(24(3)13-14-26)23(28)25(22(20)27)12-11-18-7-5-4-6-8-18/h4-10,15,26H,11-14H2,1-3H3. The molecule has 0 spiro atoms. The topological polar surface area (TPSA) is 60.9 Å². The molecule has 0 bridgehead atoms. The van der Waals surface area contributed by atoms with E-state index in [2.05, 4.69) is 0 Å². The first kappa shape index (κ1) is 19.8. The first-order valence-electron chi connectivity index (χ1n) is 9.48. The number of aliphatic hydroxyl groups excluding tert-OH is 1. The molecule has 0 unspecified atom stereocenters. The van der Waals surface area contributed by atoms with Crippen LogP contribution in [0.3, 0.4) is 0 Å². The minimum Gasteiger partial charge on any atom is -0.395 e. The lowest BCUT2D eigenvalue weighted by atomic mass is 9.99. The predicted molar refractivity (Wildman–Crippen MR) is 109 cm³/mol. The number of imide groups is 1. The van der Waals surface area contributed by atoms with E-state index >= 15 is 0 Å². The molecule has 146 valence electrons. The molecule has 3 rings (SSSR count). The van der Waals surface area contributed by atoms with Crippen LogP contribution in [0.2, 0.25) is 0 Å². The number of nitrogens with zero attached hydrogens (tertiary/aromatic N) is 2. The van der Waals surface area contributed by atoms with Crippen LogP contribution in [0.5, 0.6) is 0 Å². The van der Waals surface area contributed by atoms with Crippen molar-refractivity contribution in [3.05, 3.63) is 76.5 Å². The summed E-state index contributed by atoms with van der Waals surface area (Å²) in [6.45, 7) is 4.53. The van der Waals surface area contributed by atoms with Crippen LogP contribution >= 0.6 is 0 Å². The molecule has 0 atom stereocenters. The summed E-state index contributed by atoms with van der Waals surface area (Å²) in [6, 6.07) is 15.6. The van der Waals surface area contributed by atoms with Crippen LogP contribution in [0.25, 0.3) is 5.57 Å². The largest absolute Gasteiger partial charge is 0.395 e. The van der Waals surface area contributed by atoms with E-state index < -0.39 is 0 Å². The average molecular weight is 378 g/mol. The molecule has 2 aromatic carbocycles. The Morgan fingerprint density at radius 3 is 2.32 bits per heavy atom. The van der Waals surface area contributed by atoms with E-state index in [4.69, 9.17) is 0 Å². The Balaban J connectivity index is 1.95. The lowest BCUT2D eigenvalue weighted by Crippen LogP contribution is -2.36. The van der Waals surface area contributed by atoms with Gasteiger partial charge in [0.15, 0.2) is 0 Å². The zero-order valence-corrected chi connectivity index (χ0v) is 16.6. The van der Waals surface area contributed by atoms with Gasteiger partial charge < -0.3 is 10.0 Å². The van der Waals surface area contributed by atoms with Gasteiger partial charge in [-0.1, -0.05) is 48.5 Å². The summed E-state index contributed by atoms with van der Waals surface area (Å²) in [4.78, 5) is 29.3. The molecule has 0 radical (unpaired) electrons. The number of carbonyl (C=O) groups excluding carboxylic acids is 2. The summed E-state index contributed by atoms with van der Waals surface area (Å²) < 4.78 is 0. The van der Waals surface area contributed by atoms with Crippen LogP contribution in [0.4, 0.5) is 0 Å². The van der Waals surface area contributed by atoms with E-state index in [1.54, 1.807) is 11.9 Å². The zero-order chi connectivity index (χ0) is 20.3. The van der Waals surface area contributed by atoms with E-state index in [0.717, 1.165) is 22.3 Å². The Bertz CT molecular complexity index is 919. The summed E-state index contributed by atoms with van der Waals surface area (Å²) in [5.41, 5.74) is 4.79. The summed E-state index contributed by atoms with van der Waals surface area (Å²) in [7, 11) is 1.73. The zero-order valence-electron chi connectivity index (χ0n) is 16.6.